The number of halogens is 3. The summed E-state index contributed by atoms with van der Waals surface area (Å²) in [4.78, 5) is 22.3. The lowest BCUT2D eigenvalue weighted by Crippen LogP contribution is -2.13. The monoisotopic (exact) mass is 309 g/mol. The molecule has 0 bridgehead atoms. The number of carbonyl (C=O) groups is 1. The van der Waals surface area contributed by atoms with Crippen LogP contribution in [0.4, 0.5) is 13.2 Å². The third-order valence-electron chi connectivity index (χ3n) is 2.95. The molecule has 0 amide bonds. The molecule has 1 aromatic heterocycles. The first-order chi connectivity index (χ1) is 10.3. The van der Waals surface area contributed by atoms with E-state index < -0.39 is 28.8 Å². The lowest BCUT2D eigenvalue weighted by Gasteiger charge is -2.13. The molecular formula is C15H10F3NO3. The number of aryl methyl sites for hydroxylation is 1. The molecule has 4 nitrogen and oxygen atoms in total. The molecule has 0 aliphatic heterocycles. The Hall–Kier alpha value is -2.83. The molecule has 1 N–H and O–H groups in total. The molecule has 22 heavy (non-hydrogen) atoms. The highest BCUT2D eigenvalue weighted by molar-refractivity contribution is 5.85. The molecule has 0 spiro atoms. The third kappa shape index (κ3) is 2.93. The van der Waals surface area contributed by atoms with Gasteiger partial charge in [-0.15, -0.1) is 0 Å². The van der Waals surface area contributed by atoms with Gasteiger partial charge in [0.25, 0.3) is 0 Å². The first-order valence-electron chi connectivity index (χ1n) is 6.09. The van der Waals surface area contributed by atoms with Gasteiger partial charge >= 0.3 is 5.97 Å². The quantitative estimate of drug-likeness (QED) is 0.700. The van der Waals surface area contributed by atoms with E-state index in [-0.39, 0.29) is 16.9 Å². The Morgan fingerprint density at radius 2 is 1.91 bits per heavy atom. The largest absolute Gasteiger partial charge is 0.478 e. The van der Waals surface area contributed by atoms with Crippen LogP contribution >= 0.6 is 0 Å². The Morgan fingerprint density at radius 1 is 1.23 bits per heavy atom. The number of aliphatic carboxylic acids is 1. The molecule has 114 valence electrons. The summed E-state index contributed by atoms with van der Waals surface area (Å²) in [5.41, 5.74) is -0.518. The zero-order chi connectivity index (χ0) is 16.4. The number of nitrogens with zero attached hydrogens (tertiary/aromatic N) is 1. The highest BCUT2D eigenvalue weighted by Gasteiger charge is 2.16. The number of carboxylic acid groups (broad SMARTS) is 1. The van der Waals surface area contributed by atoms with Gasteiger partial charge in [-0.25, -0.2) is 18.0 Å². The van der Waals surface area contributed by atoms with Crippen LogP contribution in [0.2, 0.25) is 0 Å². The summed E-state index contributed by atoms with van der Waals surface area (Å²) in [6.45, 7) is 1.48. The van der Waals surface area contributed by atoms with Crippen molar-refractivity contribution in [1.29, 1.82) is 0 Å². The minimum atomic E-state index is -1.63. The van der Waals surface area contributed by atoms with E-state index in [9.17, 15) is 22.8 Å². The molecule has 7 heteroatoms. The van der Waals surface area contributed by atoms with Crippen LogP contribution in [-0.2, 0) is 4.79 Å². The number of hydrogen-bond acceptors (Lipinski definition) is 2. The van der Waals surface area contributed by atoms with Crippen molar-refractivity contribution in [1.82, 2.24) is 4.57 Å². The highest BCUT2D eigenvalue weighted by Crippen LogP contribution is 2.20. The molecule has 0 fully saturated rings. The molecule has 2 rings (SSSR count). The molecule has 0 atom stereocenters. The van der Waals surface area contributed by atoms with Crippen molar-refractivity contribution in [3.63, 3.8) is 0 Å². The fourth-order valence-electron chi connectivity index (χ4n) is 1.89. The van der Waals surface area contributed by atoms with Gasteiger partial charge in [-0.2, -0.15) is 0 Å². The van der Waals surface area contributed by atoms with E-state index in [0.717, 1.165) is 41.1 Å². The second-order valence-electron chi connectivity index (χ2n) is 4.47. The molecular weight excluding hydrogens is 299 g/mol. The number of pyridine rings is 1. The number of carboxylic acids is 1. The fraction of sp³-hybridized carbons (Fsp3) is 0.0667. The molecule has 0 aliphatic carbocycles. The minimum Gasteiger partial charge on any atom is -0.478 e. The summed E-state index contributed by atoms with van der Waals surface area (Å²) in [6.07, 6.45) is 2.95. The summed E-state index contributed by atoms with van der Waals surface area (Å²) in [5.74, 6) is -5.62. The van der Waals surface area contributed by atoms with Crippen molar-refractivity contribution in [3.8, 4) is 5.69 Å². The lowest BCUT2D eigenvalue weighted by atomic mass is 10.2. The molecule has 0 unspecified atom stereocenters. The SMILES string of the molecule is Cc1cc(=O)c(/C=C/C(=O)O)cn1-c1ccc(F)c(F)c1F. The zero-order valence-electron chi connectivity index (χ0n) is 11.3. The molecule has 1 heterocycles. The number of rotatable bonds is 3. The zero-order valence-corrected chi connectivity index (χ0v) is 11.3. The second-order valence-corrected chi connectivity index (χ2v) is 4.47. The standard InChI is InChI=1S/C15H10F3NO3/c1-8-6-12(20)9(2-5-13(21)22)7-19(8)11-4-3-10(16)14(17)15(11)18/h2-7H,1H3,(H,21,22)/b5-2+. The van der Waals surface area contributed by atoms with E-state index in [2.05, 4.69) is 0 Å². The highest BCUT2D eigenvalue weighted by atomic mass is 19.2. The summed E-state index contributed by atoms with van der Waals surface area (Å²) >= 11 is 0. The van der Waals surface area contributed by atoms with E-state index in [1.54, 1.807) is 0 Å². The van der Waals surface area contributed by atoms with Crippen molar-refractivity contribution < 1.29 is 23.1 Å². The maximum Gasteiger partial charge on any atom is 0.328 e. The van der Waals surface area contributed by atoms with E-state index in [0.29, 0.717) is 0 Å². The Kier molecular flexibility index (Phi) is 4.16. The van der Waals surface area contributed by atoms with Crippen LogP contribution in [-0.4, -0.2) is 15.6 Å². The van der Waals surface area contributed by atoms with Crippen LogP contribution in [0, 0.1) is 24.4 Å². The van der Waals surface area contributed by atoms with Gasteiger partial charge in [0.2, 0.25) is 0 Å². The maximum absolute atomic E-state index is 13.8. The Labute approximate surface area is 122 Å². The van der Waals surface area contributed by atoms with E-state index >= 15 is 0 Å². The molecule has 0 radical (unpaired) electrons. The number of aromatic nitrogens is 1. The van der Waals surface area contributed by atoms with Crippen LogP contribution in [0.1, 0.15) is 11.3 Å². The average molecular weight is 309 g/mol. The molecule has 0 saturated carbocycles. The molecule has 0 saturated heterocycles. The van der Waals surface area contributed by atoms with E-state index in [1.165, 1.54) is 6.92 Å². The van der Waals surface area contributed by atoms with Crippen molar-refractivity contribution in [2.45, 2.75) is 6.92 Å². The van der Waals surface area contributed by atoms with E-state index in [1.807, 2.05) is 0 Å². The Bertz CT molecular complexity index is 841. The van der Waals surface area contributed by atoms with Crippen LogP contribution in [0.5, 0.6) is 0 Å². The Morgan fingerprint density at radius 3 is 2.55 bits per heavy atom. The number of benzene rings is 1. The van der Waals surface area contributed by atoms with Crippen LogP contribution in [0.15, 0.2) is 35.3 Å². The smallest absolute Gasteiger partial charge is 0.328 e. The van der Waals surface area contributed by atoms with E-state index in [4.69, 9.17) is 5.11 Å². The van der Waals surface area contributed by atoms with Crippen LogP contribution in [0.3, 0.4) is 0 Å². The minimum absolute atomic E-state index is 0.0304. The summed E-state index contributed by atoms with van der Waals surface area (Å²) in [7, 11) is 0. The average Bonchev–Trinajstić information content (AvgIpc) is 2.45. The van der Waals surface area contributed by atoms with Crippen molar-refractivity contribution in [2.75, 3.05) is 0 Å². The normalized spacial score (nSPS) is 11.1. The predicted molar refractivity (Wildman–Crippen MR) is 73.3 cm³/mol. The summed E-state index contributed by atoms with van der Waals surface area (Å²) in [6, 6.07) is 2.93. The number of hydrogen-bond donors (Lipinski definition) is 1. The van der Waals surface area contributed by atoms with Gasteiger partial charge < -0.3 is 9.67 Å². The fourth-order valence-corrected chi connectivity index (χ4v) is 1.89. The van der Waals surface area contributed by atoms with Crippen LogP contribution in [0.25, 0.3) is 11.8 Å². The first-order valence-corrected chi connectivity index (χ1v) is 6.09. The molecule has 1 aromatic carbocycles. The van der Waals surface area contributed by atoms with Crippen molar-refractivity contribution in [3.05, 3.63) is 69.4 Å². The summed E-state index contributed by atoms with van der Waals surface area (Å²) < 4.78 is 41.3. The predicted octanol–water partition coefficient (Wildman–Crippen LogP) is 2.66. The van der Waals surface area contributed by atoms with Gasteiger partial charge in [0.15, 0.2) is 22.9 Å². The van der Waals surface area contributed by atoms with Gasteiger partial charge in [0.1, 0.15) is 0 Å². The van der Waals surface area contributed by atoms with Gasteiger partial charge in [0.05, 0.1) is 5.69 Å². The summed E-state index contributed by atoms with van der Waals surface area (Å²) in [5, 5.41) is 8.57. The van der Waals surface area contributed by atoms with Gasteiger partial charge in [0, 0.05) is 29.6 Å². The maximum atomic E-state index is 13.8. The lowest BCUT2D eigenvalue weighted by molar-refractivity contribution is -0.131. The van der Waals surface area contributed by atoms with Gasteiger partial charge in [-0.05, 0) is 25.1 Å². The van der Waals surface area contributed by atoms with Gasteiger partial charge in [-0.1, -0.05) is 0 Å². The Balaban J connectivity index is 2.66. The molecule has 2 aromatic rings. The third-order valence-corrected chi connectivity index (χ3v) is 2.95. The van der Waals surface area contributed by atoms with Crippen molar-refractivity contribution >= 4 is 12.0 Å². The van der Waals surface area contributed by atoms with Crippen molar-refractivity contribution in [2.24, 2.45) is 0 Å². The molecule has 0 aliphatic rings. The second kappa shape index (κ2) is 5.88. The first kappa shape index (κ1) is 15.6. The van der Waals surface area contributed by atoms with Gasteiger partial charge in [-0.3, -0.25) is 4.79 Å². The topological polar surface area (TPSA) is 59.3 Å². The van der Waals surface area contributed by atoms with Crippen LogP contribution < -0.4 is 5.43 Å².